The molecule has 0 heterocycles. The molecule has 5 nitrogen and oxygen atoms in total. The van der Waals surface area contributed by atoms with Gasteiger partial charge < -0.3 is 14.8 Å². The summed E-state index contributed by atoms with van der Waals surface area (Å²) in [6.07, 6.45) is 7.08. The van der Waals surface area contributed by atoms with Crippen LogP contribution in [0.25, 0.3) is 0 Å². The summed E-state index contributed by atoms with van der Waals surface area (Å²) in [5.74, 6) is 0. The third kappa shape index (κ3) is 19.4. The van der Waals surface area contributed by atoms with Gasteiger partial charge in [0.05, 0.1) is 12.7 Å². The number of methoxy groups -OCH3 is 2. The van der Waals surface area contributed by atoms with Gasteiger partial charge in [0, 0.05) is 13.2 Å². The first kappa shape index (κ1) is 20.2. The highest BCUT2D eigenvalue weighted by molar-refractivity contribution is 5.46. The standard InChI is InChI=1S/C7H13NO.C5H12O.C2H4O2/c9-6-8-7-4-2-1-3-5-7;1-5(2,3)6-4;1-4-2-3/h6-7H,1-5H2,(H,8,9);1-4H3;2H,1H3. The minimum absolute atomic E-state index is 0.0417. The highest BCUT2D eigenvalue weighted by Gasteiger charge is 2.10. The van der Waals surface area contributed by atoms with Gasteiger partial charge in [0.25, 0.3) is 6.47 Å². The average Bonchev–Trinajstić information content (AvgIpc) is 2.40. The predicted octanol–water partition coefficient (Wildman–Crippen LogP) is 2.29. The molecule has 0 saturated heterocycles. The first-order valence-electron chi connectivity index (χ1n) is 6.62. The number of ether oxygens (including phenoxy) is 2. The first-order chi connectivity index (χ1) is 8.91. The van der Waals surface area contributed by atoms with Crippen LogP contribution >= 0.6 is 0 Å². The van der Waals surface area contributed by atoms with E-state index in [0.29, 0.717) is 12.5 Å². The van der Waals surface area contributed by atoms with Crippen LogP contribution in [0, 0.1) is 0 Å². The van der Waals surface area contributed by atoms with E-state index in [1.165, 1.54) is 39.2 Å². The highest BCUT2D eigenvalue weighted by atomic mass is 16.5. The third-order valence-electron chi connectivity index (χ3n) is 2.62. The van der Waals surface area contributed by atoms with Crippen molar-refractivity contribution < 1.29 is 19.1 Å². The summed E-state index contributed by atoms with van der Waals surface area (Å²) in [6, 6.07) is 0.483. The van der Waals surface area contributed by atoms with Crippen LogP contribution in [0.1, 0.15) is 52.9 Å². The normalized spacial score (nSPS) is 15.0. The lowest BCUT2D eigenvalue weighted by atomic mass is 9.96. The number of carbonyl (C=O) groups is 2. The van der Waals surface area contributed by atoms with Gasteiger partial charge in [0.1, 0.15) is 0 Å². The van der Waals surface area contributed by atoms with Gasteiger partial charge in [0.2, 0.25) is 6.41 Å². The molecule has 0 atom stereocenters. The van der Waals surface area contributed by atoms with E-state index in [9.17, 15) is 4.79 Å². The molecule has 0 unspecified atom stereocenters. The molecule has 0 radical (unpaired) electrons. The fraction of sp³-hybridized carbons (Fsp3) is 0.857. The van der Waals surface area contributed by atoms with Crippen molar-refractivity contribution in [3.05, 3.63) is 0 Å². The van der Waals surface area contributed by atoms with Gasteiger partial charge in [-0.05, 0) is 33.6 Å². The van der Waals surface area contributed by atoms with Crippen LogP contribution in [-0.4, -0.2) is 38.7 Å². The Balaban J connectivity index is 0. The van der Waals surface area contributed by atoms with Crippen molar-refractivity contribution in [2.45, 2.75) is 64.5 Å². The smallest absolute Gasteiger partial charge is 0.292 e. The molecule has 1 fully saturated rings. The molecule has 0 bridgehead atoms. The van der Waals surface area contributed by atoms with Crippen molar-refractivity contribution >= 4 is 12.9 Å². The van der Waals surface area contributed by atoms with Gasteiger partial charge >= 0.3 is 0 Å². The van der Waals surface area contributed by atoms with Gasteiger partial charge in [-0.15, -0.1) is 0 Å². The lowest BCUT2D eigenvalue weighted by molar-refractivity contribution is -0.126. The molecule has 0 aromatic heterocycles. The van der Waals surface area contributed by atoms with Crippen LogP contribution < -0.4 is 5.32 Å². The topological polar surface area (TPSA) is 64.6 Å². The van der Waals surface area contributed by atoms with Crippen molar-refractivity contribution in [3.63, 3.8) is 0 Å². The molecular weight excluding hydrogens is 246 g/mol. The van der Waals surface area contributed by atoms with Crippen molar-refractivity contribution in [3.8, 4) is 0 Å². The Morgan fingerprint density at radius 2 is 1.47 bits per heavy atom. The maximum Gasteiger partial charge on any atom is 0.292 e. The molecule has 0 aromatic rings. The Morgan fingerprint density at radius 3 is 1.74 bits per heavy atom. The van der Waals surface area contributed by atoms with Gasteiger partial charge in [0.15, 0.2) is 0 Å². The van der Waals surface area contributed by atoms with Gasteiger partial charge in [-0.25, -0.2) is 0 Å². The fourth-order valence-corrected chi connectivity index (χ4v) is 1.37. The molecule has 1 saturated carbocycles. The number of rotatable bonds is 3. The van der Waals surface area contributed by atoms with E-state index in [1.54, 1.807) is 7.11 Å². The lowest BCUT2D eigenvalue weighted by Gasteiger charge is -2.19. The van der Waals surface area contributed by atoms with Gasteiger partial charge in [-0.1, -0.05) is 19.3 Å². The van der Waals surface area contributed by atoms with E-state index in [2.05, 4.69) is 10.1 Å². The summed E-state index contributed by atoms with van der Waals surface area (Å²) in [5, 5.41) is 2.80. The van der Waals surface area contributed by atoms with E-state index >= 15 is 0 Å². The van der Waals surface area contributed by atoms with Crippen LogP contribution in [0.2, 0.25) is 0 Å². The van der Waals surface area contributed by atoms with Crippen LogP contribution in [0.15, 0.2) is 0 Å². The SMILES string of the molecule is COC(C)(C)C.COC=O.O=CNC1CCCCC1. The number of hydrogen-bond acceptors (Lipinski definition) is 4. The molecule has 5 heteroatoms. The fourth-order valence-electron chi connectivity index (χ4n) is 1.37. The van der Waals surface area contributed by atoms with Gasteiger partial charge in [-0.3, -0.25) is 9.59 Å². The van der Waals surface area contributed by atoms with Crippen LogP contribution in [0.4, 0.5) is 0 Å². The van der Waals surface area contributed by atoms with Crippen molar-refractivity contribution in [1.29, 1.82) is 0 Å². The molecule has 0 aromatic carbocycles. The van der Waals surface area contributed by atoms with E-state index < -0.39 is 0 Å². The van der Waals surface area contributed by atoms with E-state index in [-0.39, 0.29) is 5.60 Å². The molecule has 0 spiro atoms. The second kappa shape index (κ2) is 13.3. The molecule has 1 amide bonds. The summed E-state index contributed by atoms with van der Waals surface area (Å²) in [5.41, 5.74) is 0.0417. The van der Waals surface area contributed by atoms with E-state index in [1.807, 2.05) is 20.8 Å². The van der Waals surface area contributed by atoms with E-state index in [4.69, 9.17) is 9.53 Å². The molecule has 1 N–H and O–H groups in total. The summed E-state index contributed by atoms with van der Waals surface area (Å²) in [7, 11) is 3.02. The maximum absolute atomic E-state index is 9.96. The Hall–Kier alpha value is -1.10. The zero-order chi connectivity index (χ0) is 15.1. The molecule has 114 valence electrons. The Kier molecular flexibility index (Phi) is 14.2. The summed E-state index contributed by atoms with van der Waals surface area (Å²) >= 11 is 0. The number of amides is 1. The second-order valence-electron chi connectivity index (χ2n) is 5.27. The minimum atomic E-state index is 0.0417. The third-order valence-corrected chi connectivity index (χ3v) is 2.62. The maximum atomic E-state index is 9.96. The zero-order valence-electron chi connectivity index (χ0n) is 12.9. The quantitative estimate of drug-likeness (QED) is 0.803. The Labute approximate surface area is 117 Å². The average molecular weight is 275 g/mol. The molecule has 0 aliphatic heterocycles. The number of nitrogens with one attached hydrogen (secondary N) is 1. The Morgan fingerprint density at radius 1 is 1.05 bits per heavy atom. The van der Waals surface area contributed by atoms with Crippen LogP contribution in [-0.2, 0) is 19.1 Å². The zero-order valence-corrected chi connectivity index (χ0v) is 12.9. The summed E-state index contributed by atoms with van der Waals surface area (Å²) in [4.78, 5) is 18.9. The largest absolute Gasteiger partial charge is 0.471 e. The monoisotopic (exact) mass is 275 g/mol. The Bertz CT molecular complexity index is 208. The van der Waals surface area contributed by atoms with Crippen molar-refractivity contribution in [2.24, 2.45) is 0 Å². The first-order valence-corrected chi connectivity index (χ1v) is 6.62. The summed E-state index contributed by atoms with van der Waals surface area (Å²) in [6.45, 7) is 6.44. The number of carbonyl (C=O) groups excluding carboxylic acids is 2. The second-order valence-corrected chi connectivity index (χ2v) is 5.27. The molecule has 1 aliphatic carbocycles. The summed E-state index contributed by atoms with van der Waals surface area (Å²) < 4.78 is 8.80. The van der Waals surface area contributed by atoms with Gasteiger partial charge in [-0.2, -0.15) is 0 Å². The minimum Gasteiger partial charge on any atom is -0.471 e. The molecule has 19 heavy (non-hydrogen) atoms. The predicted molar refractivity (Wildman–Crippen MR) is 75.9 cm³/mol. The van der Waals surface area contributed by atoms with Crippen molar-refractivity contribution in [1.82, 2.24) is 5.32 Å². The highest BCUT2D eigenvalue weighted by Crippen LogP contribution is 2.16. The van der Waals surface area contributed by atoms with E-state index in [0.717, 1.165) is 6.41 Å². The molecule has 1 aliphatic rings. The van der Waals surface area contributed by atoms with Crippen LogP contribution in [0.5, 0.6) is 0 Å². The lowest BCUT2D eigenvalue weighted by Crippen LogP contribution is -2.29. The number of hydrogen-bond donors (Lipinski definition) is 1. The van der Waals surface area contributed by atoms with Crippen LogP contribution in [0.3, 0.4) is 0 Å². The molecule has 1 rings (SSSR count). The van der Waals surface area contributed by atoms with Crippen molar-refractivity contribution in [2.75, 3.05) is 14.2 Å². The molecular formula is C14H29NO4.